The van der Waals surface area contributed by atoms with Gasteiger partial charge in [-0.2, -0.15) is 0 Å². The normalized spacial score (nSPS) is 12.6. The quantitative estimate of drug-likeness (QED) is 0.840. The van der Waals surface area contributed by atoms with E-state index in [1.54, 1.807) is 16.7 Å². The summed E-state index contributed by atoms with van der Waals surface area (Å²) in [6.07, 6.45) is 3.56. The first-order valence-electron chi connectivity index (χ1n) is 5.75. The molecule has 2 heterocycles. The molecule has 1 unspecified atom stereocenters. The van der Waals surface area contributed by atoms with Gasteiger partial charge < -0.3 is 20.2 Å². The fourth-order valence-corrected chi connectivity index (χ4v) is 1.83. The van der Waals surface area contributed by atoms with Crippen LogP contribution < -0.4 is 11.1 Å². The van der Waals surface area contributed by atoms with Crippen molar-refractivity contribution >= 4 is 23.2 Å². The van der Waals surface area contributed by atoms with Gasteiger partial charge >= 0.3 is 0 Å². The Bertz CT molecular complexity index is 584. The van der Waals surface area contributed by atoms with Crippen LogP contribution in [0.1, 0.15) is 5.69 Å². The highest BCUT2D eigenvalue weighted by Crippen LogP contribution is 2.11. The van der Waals surface area contributed by atoms with Crippen LogP contribution in [0.25, 0.3) is 5.65 Å². The van der Waals surface area contributed by atoms with Crippen LogP contribution in [0, 0.1) is 0 Å². The van der Waals surface area contributed by atoms with Gasteiger partial charge in [0.1, 0.15) is 11.7 Å². The largest absolute Gasteiger partial charge is 0.383 e. The average Bonchev–Trinajstić information content (AvgIpc) is 2.78. The van der Waals surface area contributed by atoms with E-state index >= 15 is 0 Å². The summed E-state index contributed by atoms with van der Waals surface area (Å²) in [5, 5.41) is 3.33. The molecule has 2 aromatic heterocycles. The topological polar surface area (TPSA) is 81.6 Å². The minimum Gasteiger partial charge on any atom is -0.383 e. The summed E-state index contributed by atoms with van der Waals surface area (Å²) in [5.74, 6) is -0.267. The number of amides is 1. The first-order valence-corrected chi connectivity index (χ1v) is 6.13. The summed E-state index contributed by atoms with van der Waals surface area (Å²) in [6, 6.07) is 2.90. The predicted octanol–water partition coefficient (Wildman–Crippen LogP) is 0.578. The van der Waals surface area contributed by atoms with Crippen molar-refractivity contribution < 1.29 is 9.53 Å². The Labute approximate surface area is 115 Å². The number of nitrogens with zero attached hydrogens (tertiary/aromatic N) is 2. The molecule has 0 radical (unpaired) electrons. The second kappa shape index (κ2) is 6.01. The fourth-order valence-electron chi connectivity index (χ4n) is 1.67. The van der Waals surface area contributed by atoms with Crippen LogP contribution in [-0.2, 0) is 16.1 Å². The maximum Gasteiger partial charge on any atom is 0.239 e. The second-order valence-corrected chi connectivity index (χ2v) is 4.56. The molecule has 1 atom stereocenters. The molecule has 3 N–H and O–H groups in total. The molecular formula is C12H15ClN4O2. The highest BCUT2D eigenvalue weighted by Gasteiger charge is 2.13. The van der Waals surface area contributed by atoms with Gasteiger partial charge in [0.15, 0.2) is 0 Å². The first kappa shape index (κ1) is 13.8. The highest BCUT2D eigenvalue weighted by atomic mass is 35.5. The molecule has 0 aromatic carbocycles. The van der Waals surface area contributed by atoms with Crippen molar-refractivity contribution in [2.24, 2.45) is 5.73 Å². The van der Waals surface area contributed by atoms with Crippen molar-refractivity contribution in [2.75, 3.05) is 13.7 Å². The Morgan fingerprint density at radius 3 is 3.11 bits per heavy atom. The lowest BCUT2D eigenvalue weighted by atomic mass is 10.3. The van der Waals surface area contributed by atoms with E-state index in [2.05, 4.69) is 10.3 Å². The van der Waals surface area contributed by atoms with Gasteiger partial charge in [-0.3, -0.25) is 4.79 Å². The van der Waals surface area contributed by atoms with Crippen molar-refractivity contribution in [2.45, 2.75) is 12.6 Å². The lowest BCUT2D eigenvalue weighted by molar-refractivity contribution is -0.123. The summed E-state index contributed by atoms with van der Waals surface area (Å²) in [5.41, 5.74) is 7.12. The number of aromatic nitrogens is 2. The zero-order valence-corrected chi connectivity index (χ0v) is 11.2. The van der Waals surface area contributed by atoms with Crippen molar-refractivity contribution in [3.05, 3.63) is 35.2 Å². The van der Waals surface area contributed by atoms with Gasteiger partial charge in [0, 0.05) is 19.5 Å². The van der Waals surface area contributed by atoms with Gasteiger partial charge in [0.2, 0.25) is 5.91 Å². The zero-order chi connectivity index (χ0) is 13.8. The van der Waals surface area contributed by atoms with Gasteiger partial charge in [0.25, 0.3) is 0 Å². The molecular weight excluding hydrogens is 268 g/mol. The van der Waals surface area contributed by atoms with Gasteiger partial charge in [-0.05, 0) is 12.1 Å². The Hall–Kier alpha value is -1.63. The zero-order valence-electron chi connectivity index (χ0n) is 10.5. The van der Waals surface area contributed by atoms with E-state index in [1.807, 2.05) is 12.3 Å². The number of halogens is 1. The predicted molar refractivity (Wildman–Crippen MR) is 71.9 cm³/mol. The Morgan fingerprint density at radius 1 is 1.58 bits per heavy atom. The maximum atomic E-state index is 11.6. The minimum absolute atomic E-state index is 0.187. The molecule has 6 nitrogen and oxygen atoms in total. The van der Waals surface area contributed by atoms with Crippen molar-refractivity contribution in [1.29, 1.82) is 0 Å². The lowest BCUT2D eigenvalue weighted by Gasteiger charge is -2.09. The van der Waals surface area contributed by atoms with E-state index in [0.29, 0.717) is 11.6 Å². The van der Waals surface area contributed by atoms with Gasteiger partial charge in [-0.25, -0.2) is 4.98 Å². The van der Waals surface area contributed by atoms with E-state index in [9.17, 15) is 4.79 Å². The number of carbonyl (C=O) groups excluding carboxylic acids is 1. The molecule has 0 fully saturated rings. The monoisotopic (exact) mass is 282 g/mol. The smallest absolute Gasteiger partial charge is 0.239 e. The van der Waals surface area contributed by atoms with E-state index < -0.39 is 6.04 Å². The molecule has 7 heteroatoms. The lowest BCUT2D eigenvalue weighted by Crippen LogP contribution is -2.43. The molecule has 1 amide bonds. The molecule has 0 aliphatic carbocycles. The molecule has 0 aliphatic rings. The first-order chi connectivity index (χ1) is 9.10. The molecule has 0 saturated carbocycles. The fraction of sp³-hybridized carbons (Fsp3) is 0.333. The maximum absolute atomic E-state index is 11.6. The van der Waals surface area contributed by atoms with Crippen LogP contribution in [0.15, 0.2) is 24.5 Å². The number of ether oxygens (including phenoxy) is 1. The second-order valence-electron chi connectivity index (χ2n) is 4.12. The SMILES string of the molecule is COCC(N)C(=O)NCc1cn2cc(Cl)ccc2n1. The molecule has 0 saturated heterocycles. The molecule has 2 rings (SSSR count). The van der Waals surface area contributed by atoms with E-state index in [4.69, 9.17) is 22.1 Å². The summed E-state index contributed by atoms with van der Waals surface area (Å²) in [6.45, 7) is 0.502. The number of nitrogens with two attached hydrogens (primary N) is 1. The van der Waals surface area contributed by atoms with Crippen LogP contribution in [0.3, 0.4) is 0 Å². The summed E-state index contributed by atoms with van der Waals surface area (Å²) in [4.78, 5) is 16.0. The van der Waals surface area contributed by atoms with Crippen LogP contribution in [0.5, 0.6) is 0 Å². The molecule has 102 valence electrons. The molecule has 0 aliphatic heterocycles. The van der Waals surface area contributed by atoms with Gasteiger partial charge in [0.05, 0.1) is 23.9 Å². The van der Waals surface area contributed by atoms with Crippen molar-refractivity contribution in [1.82, 2.24) is 14.7 Å². The van der Waals surface area contributed by atoms with Crippen LogP contribution in [0.2, 0.25) is 5.02 Å². The standard InChI is InChI=1S/C12H15ClN4O2/c1-19-7-10(14)12(18)15-4-9-6-17-5-8(13)2-3-11(17)16-9/h2-3,5-6,10H,4,7,14H2,1H3,(H,15,18). The number of hydrogen-bond acceptors (Lipinski definition) is 4. The third kappa shape index (κ3) is 3.44. The highest BCUT2D eigenvalue weighted by molar-refractivity contribution is 6.30. The third-order valence-corrected chi connectivity index (χ3v) is 2.82. The number of fused-ring (bicyclic) bond motifs is 1. The average molecular weight is 283 g/mol. The number of pyridine rings is 1. The van der Waals surface area contributed by atoms with E-state index in [-0.39, 0.29) is 12.5 Å². The van der Waals surface area contributed by atoms with Crippen molar-refractivity contribution in [3.8, 4) is 0 Å². The van der Waals surface area contributed by atoms with E-state index in [1.165, 1.54) is 7.11 Å². The van der Waals surface area contributed by atoms with Gasteiger partial charge in [-0.15, -0.1) is 0 Å². The molecule has 0 spiro atoms. The summed E-state index contributed by atoms with van der Waals surface area (Å²) >= 11 is 5.88. The minimum atomic E-state index is -0.670. The third-order valence-electron chi connectivity index (χ3n) is 2.59. The Morgan fingerprint density at radius 2 is 2.37 bits per heavy atom. The molecule has 2 aromatic rings. The van der Waals surface area contributed by atoms with Gasteiger partial charge in [-0.1, -0.05) is 11.6 Å². The number of methoxy groups -OCH3 is 1. The number of hydrogen-bond donors (Lipinski definition) is 2. The Balaban J connectivity index is 2.00. The number of nitrogens with one attached hydrogen (secondary N) is 1. The molecule has 19 heavy (non-hydrogen) atoms. The number of rotatable bonds is 5. The van der Waals surface area contributed by atoms with Crippen molar-refractivity contribution in [3.63, 3.8) is 0 Å². The Kier molecular flexibility index (Phi) is 4.36. The number of imidazole rings is 1. The van der Waals surface area contributed by atoms with E-state index in [0.717, 1.165) is 11.3 Å². The van der Waals surface area contributed by atoms with Crippen LogP contribution >= 0.6 is 11.6 Å². The summed E-state index contributed by atoms with van der Waals surface area (Å²) < 4.78 is 6.62. The van der Waals surface area contributed by atoms with Crippen LogP contribution in [0.4, 0.5) is 0 Å². The summed E-state index contributed by atoms with van der Waals surface area (Å²) in [7, 11) is 1.50. The molecule has 0 bridgehead atoms. The van der Waals surface area contributed by atoms with Crippen LogP contribution in [-0.4, -0.2) is 35.1 Å². The number of carbonyl (C=O) groups is 1.